The SMILES string of the molecule is O=C1CC[C@H](SCc2ccccc2)C1. The average molecular weight is 206 g/mol. The van der Waals surface area contributed by atoms with Gasteiger partial charge in [0.05, 0.1) is 0 Å². The van der Waals surface area contributed by atoms with Crippen molar-refractivity contribution < 1.29 is 4.79 Å². The van der Waals surface area contributed by atoms with Crippen LogP contribution in [0.15, 0.2) is 30.3 Å². The van der Waals surface area contributed by atoms with E-state index < -0.39 is 0 Å². The predicted molar refractivity (Wildman–Crippen MR) is 60.4 cm³/mol. The van der Waals surface area contributed by atoms with E-state index in [0.717, 1.165) is 25.0 Å². The number of hydrogen-bond acceptors (Lipinski definition) is 2. The molecule has 0 heterocycles. The molecule has 74 valence electrons. The van der Waals surface area contributed by atoms with Gasteiger partial charge in [0.25, 0.3) is 0 Å². The van der Waals surface area contributed by atoms with Gasteiger partial charge in [-0.05, 0) is 12.0 Å². The maximum Gasteiger partial charge on any atom is 0.134 e. The number of Topliss-reactive ketones (excluding diaryl/α,β-unsaturated/α-hetero) is 1. The molecule has 0 N–H and O–H groups in total. The molecule has 14 heavy (non-hydrogen) atoms. The first-order chi connectivity index (χ1) is 6.84. The molecular formula is C12H14OS. The van der Waals surface area contributed by atoms with Gasteiger partial charge in [0, 0.05) is 23.8 Å². The highest BCUT2D eigenvalue weighted by molar-refractivity contribution is 7.99. The maximum absolute atomic E-state index is 11.1. The quantitative estimate of drug-likeness (QED) is 0.756. The molecule has 1 aromatic carbocycles. The molecule has 1 fully saturated rings. The van der Waals surface area contributed by atoms with Crippen molar-refractivity contribution in [1.82, 2.24) is 0 Å². The molecule has 0 radical (unpaired) electrons. The Kier molecular flexibility index (Phi) is 3.25. The van der Waals surface area contributed by atoms with Gasteiger partial charge in [0.15, 0.2) is 0 Å². The molecule has 0 aliphatic heterocycles. The summed E-state index contributed by atoms with van der Waals surface area (Å²) in [7, 11) is 0. The molecule has 0 spiro atoms. The van der Waals surface area contributed by atoms with Crippen LogP contribution in [0, 0.1) is 0 Å². The number of rotatable bonds is 3. The van der Waals surface area contributed by atoms with Gasteiger partial charge in [-0.2, -0.15) is 11.8 Å². The zero-order valence-corrected chi connectivity index (χ0v) is 8.93. The van der Waals surface area contributed by atoms with E-state index in [2.05, 4.69) is 24.3 Å². The van der Waals surface area contributed by atoms with E-state index in [9.17, 15) is 4.79 Å². The third kappa shape index (κ3) is 2.61. The molecule has 0 aromatic heterocycles. The van der Waals surface area contributed by atoms with Crippen LogP contribution in [0.1, 0.15) is 24.8 Å². The summed E-state index contributed by atoms with van der Waals surface area (Å²) in [6, 6.07) is 10.5. The lowest BCUT2D eigenvalue weighted by Crippen LogP contribution is -1.97. The molecule has 0 bridgehead atoms. The van der Waals surface area contributed by atoms with E-state index in [4.69, 9.17) is 0 Å². The third-order valence-corrected chi connectivity index (χ3v) is 3.90. The summed E-state index contributed by atoms with van der Waals surface area (Å²) >= 11 is 1.92. The molecule has 1 nitrogen and oxygen atoms in total. The van der Waals surface area contributed by atoms with Crippen LogP contribution >= 0.6 is 11.8 Å². The molecule has 2 heteroatoms. The summed E-state index contributed by atoms with van der Waals surface area (Å²) in [5.41, 5.74) is 1.36. The van der Waals surface area contributed by atoms with E-state index in [0.29, 0.717) is 11.0 Å². The first-order valence-corrected chi connectivity index (χ1v) is 6.07. The number of hydrogen-bond donors (Lipinski definition) is 0. The first-order valence-electron chi connectivity index (χ1n) is 5.02. The highest BCUT2D eigenvalue weighted by Gasteiger charge is 2.21. The van der Waals surface area contributed by atoms with Gasteiger partial charge < -0.3 is 0 Å². The van der Waals surface area contributed by atoms with Crippen LogP contribution in [0.4, 0.5) is 0 Å². The van der Waals surface area contributed by atoms with Gasteiger partial charge in [-0.15, -0.1) is 0 Å². The lowest BCUT2D eigenvalue weighted by molar-refractivity contribution is -0.117. The molecule has 1 aliphatic carbocycles. The zero-order valence-electron chi connectivity index (χ0n) is 8.11. The van der Waals surface area contributed by atoms with Crippen molar-refractivity contribution in [2.75, 3.05) is 0 Å². The summed E-state index contributed by atoms with van der Waals surface area (Å²) in [6.07, 6.45) is 2.67. The molecular weight excluding hydrogens is 192 g/mol. The fourth-order valence-electron chi connectivity index (χ4n) is 1.71. The Morgan fingerprint density at radius 2 is 2.07 bits per heavy atom. The summed E-state index contributed by atoms with van der Waals surface area (Å²) in [5, 5.41) is 0.572. The zero-order chi connectivity index (χ0) is 9.80. The average Bonchev–Trinajstić information content (AvgIpc) is 2.63. The molecule has 0 unspecified atom stereocenters. The standard InChI is InChI=1S/C12H14OS/c13-11-6-7-12(8-11)14-9-10-4-2-1-3-5-10/h1-5,12H,6-9H2/t12-/m0/s1. The maximum atomic E-state index is 11.1. The minimum atomic E-state index is 0.440. The van der Waals surface area contributed by atoms with Crippen molar-refractivity contribution in [1.29, 1.82) is 0 Å². The highest BCUT2D eigenvalue weighted by Crippen LogP contribution is 2.29. The Balaban J connectivity index is 1.80. The Morgan fingerprint density at radius 1 is 1.29 bits per heavy atom. The van der Waals surface area contributed by atoms with Crippen LogP contribution in [-0.2, 0) is 10.5 Å². The fraction of sp³-hybridized carbons (Fsp3) is 0.417. The Bertz CT molecular complexity index is 307. The topological polar surface area (TPSA) is 17.1 Å². The van der Waals surface area contributed by atoms with Crippen molar-refractivity contribution in [3.63, 3.8) is 0 Å². The van der Waals surface area contributed by atoms with Gasteiger partial charge in [-0.3, -0.25) is 4.79 Å². The number of thioether (sulfide) groups is 1. The molecule has 1 atom stereocenters. The van der Waals surface area contributed by atoms with Crippen LogP contribution in [0.25, 0.3) is 0 Å². The highest BCUT2D eigenvalue weighted by atomic mass is 32.2. The normalized spacial score (nSPS) is 21.4. The third-order valence-electron chi connectivity index (χ3n) is 2.53. The minimum Gasteiger partial charge on any atom is -0.300 e. The Morgan fingerprint density at radius 3 is 2.71 bits per heavy atom. The van der Waals surface area contributed by atoms with Gasteiger partial charge in [-0.25, -0.2) is 0 Å². The molecule has 1 saturated carbocycles. The largest absolute Gasteiger partial charge is 0.300 e. The van der Waals surface area contributed by atoms with Crippen LogP contribution in [0.5, 0.6) is 0 Å². The molecule has 2 rings (SSSR count). The van der Waals surface area contributed by atoms with E-state index in [-0.39, 0.29) is 0 Å². The molecule has 0 amide bonds. The van der Waals surface area contributed by atoms with E-state index in [1.165, 1.54) is 5.56 Å². The summed E-state index contributed by atoms with van der Waals surface area (Å²) in [5.74, 6) is 1.48. The van der Waals surface area contributed by atoms with Crippen LogP contribution in [-0.4, -0.2) is 11.0 Å². The first kappa shape index (κ1) is 9.78. The van der Waals surface area contributed by atoms with Crippen LogP contribution in [0.2, 0.25) is 0 Å². The summed E-state index contributed by atoms with van der Waals surface area (Å²) in [4.78, 5) is 11.1. The second kappa shape index (κ2) is 4.65. The summed E-state index contributed by atoms with van der Waals surface area (Å²) < 4.78 is 0. The van der Waals surface area contributed by atoms with E-state index in [1.54, 1.807) is 0 Å². The van der Waals surface area contributed by atoms with E-state index in [1.807, 2.05) is 17.8 Å². The number of ketones is 1. The van der Waals surface area contributed by atoms with Crippen molar-refractivity contribution in [3.8, 4) is 0 Å². The smallest absolute Gasteiger partial charge is 0.134 e. The van der Waals surface area contributed by atoms with Crippen molar-refractivity contribution in [3.05, 3.63) is 35.9 Å². The second-order valence-electron chi connectivity index (χ2n) is 3.70. The monoisotopic (exact) mass is 206 g/mol. The fourth-order valence-corrected chi connectivity index (χ4v) is 2.92. The predicted octanol–water partition coefficient (Wildman–Crippen LogP) is 3.04. The number of carbonyl (C=O) groups excluding carboxylic acids is 1. The van der Waals surface area contributed by atoms with Crippen molar-refractivity contribution in [2.45, 2.75) is 30.3 Å². The van der Waals surface area contributed by atoms with Gasteiger partial charge in [-0.1, -0.05) is 30.3 Å². The minimum absolute atomic E-state index is 0.440. The summed E-state index contributed by atoms with van der Waals surface area (Å²) in [6.45, 7) is 0. The van der Waals surface area contributed by atoms with Gasteiger partial charge in [0.2, 0.25) is 0 Å². The van der Waals surface area contributed by atoms with Crippen molar-refractivity contribution in [2.24, 2.45) is 0 Å². The Labute approximate surface area is 88.9 Å². The van der Waals surface area contributed by atoms with E-state index >= 15 is 0 Å². The molecule has 1 aromatic rings. The van der Waals surface area contributed by atoms with Gasteiger partial charge in [0.1, 0.15) is 5.78 Å². The van der Waals surface area contributed by atoms with Gasteiger partial charge >= 0.3 is 0 Å². The van der Waals surface area contributed by atoms with Crippen molar-refractivity contribution >= 4 is 17.5 Å². The second-order valence-corrected chi connectivity index (χ2v) is 4.99. The Hall–Kier alpha value is -0.760. The number of carbonyl (C=O) groups is 1. The molecule has 1 aliphatic rings. The molecule has 0 saturated heterocycles. The van der Waals surface area contributed by atoms with Crippen LogP contribution in [0.3, 0.4) is 0 Å². The lowest BCUT2D eigenvalue weighted by atomic mass is 10.2. The number of benzene rings is 1. The lowest BCUT2D eigenvalue weighted by Gasteiger charge is -2.07. The van der Waals surface area contributed by atoms with Crippen LogP contribution < -0.4 is 0 Å².